The van der Waals surface area contributed by atoms with Gasteiger partial charge in [-0.2, -0.15) is 0 Å². The minimum atomic E-state index is -0.836. The third kappa shape index (κ3) is 36.2. The molecule has 0 aliphatic heterocycles. The number of rotatable bonds is 39. The quantitative estimate of drug-likeness (QED) is 0.0448. The van der Waals surface area contributed by atoms with Crippen LogP contribution in [-0.2, 0) is 4.79 Å². The summed E-state index contributed by atoms with van der Waals surface area (Å²) in [6, 6.07) is -0.620. The highest BCUT2D eigenvalue weighted by Crippen LogP contribution is 2.15. The van der Waals surface area contributed by atoms with Crippen LogP contribution in [0.5, 0.6) is 0 Å². The van der Waals surface area contributed by atoms with Crippen LogP contribution >= 0.6 is 0 Å². The van der Waals surface area contributed by atoms with Crippen LogP contribution in [0.4, 0.5) is 0 Å². The first-order valence-corrected chi connectivity index (χ1v) is 21.6. The van der Waals surface area contributed by atoms with Gasteiger partial charge in [-0.3, -0.25) is 4.79 Å². The van der Waals surface area contributed by atoms with Gasteiger partial charge in [-0.15, -0.1) is 0 Å². The van der Waals surface area contributed by atoms with E-state index in [1.807, 2.05) is 6.08 Å². The second-order valence-corrected chi connectivity index (χ2v) is 14.8. The summed E-state index contributed by atoms with van der Waals surface area (Å²) >= 11 is 0. The van der Waals surface area contributed by atoms with Gasteiger partial charge in [0.15, 0.2) is 0 Å². The van der Waals surface area contributed by atoms with Crippen molar-refractivity contribution in [2.24, 2.45) is 0 Å². The van der Waals surface area contributed by atoms with Gasteiger partial charge in [0.1, 0.15) is 0 Å². The summed E-state index contributed by atoms with van der Waals surface area (Å²) in [6.45, 7) is 4.31. The standard InChI is InChI=1S/C44H85NO3/c1-3-5-7-9-11-13-15-17-19-20-21-22-23-24-26-28-30-32-34-36-38-40-44(48)45-42(41-46)43(47)39-37-35-33-31-29-27-25-18-16-14-12-10-8-6-4-2/h20-21,37,39,42-43,46-47H,3-19,22-36,38,40-41H2,1-2H3,(H,45,48)/b21-20-,39-37+. The summed E-state index contributed by atoms with van der Waals surface area (Å²) in [5, 5.41) is 23.0. The fraction of sp³-hybridized carbons (Fsp3) is 0.886. The average Bonchev–Trinajstić information content (AvgIpc) is 3.09. The van der Waals surface area contributed by atoms with Gasteiger partial charge < -0.3 is 15.5 Å². The van der Waals surface area contributed by atoms with Crippen molar-refractivity contribution in [3.05, 3.63) is 24.3 Å². The van der Waals surface area contributed by atoms with Crippen molar-refractivity contribution in [2.45, 2.75) is 244 Å². The molecule has 0 saturated carbocycles. The maximum Gasteiger partial charge on any atom is 0.220 e. The summed E-state index contributed by atoms with van der Waals surface area (Å²) in [5.41, 5.74) is 0. The Bertz CT molecular complexity index is 691. The van der Waals surface area contributed by atoms with E-state index in [0.717, 1.165) is 25.7 Å². The van der Waals surface area contributed by atoms with Crippen LogP contribution in [-0.4, -0.2) is 34.9 Å². The molecule has 0 aromatic rings. The first-order valence-electron chi connectivity index (χ1n) is 21.6. The van der Waals surface area contributed by atoms with Gasteiger partial charge in [0.25, 0.3) is 0 Å². The van der Waals surface area contributed by atoms with Crippen LogP contribution < -0.4 is 5.32 Å². The van der Waals surface area contributed by atoms with Crippen LogP contribution in [0.2, 0.25) is 0 Å². The van der Waals surface area contributed by atoms with Gasteiger partial charge in [0, 0.05) is 6.42 Å². The van der Waals surface area contributed by atoms with Crippen LogP contribution in [0.1, 0.15) is 232 Å². The van der Waals surface area contributed by atoms with Crippen molar-refractivity contribution in [3.63, 3.8) is 0 Å². The first-order chi connectivity index (χ1) is 23.7. The molecule has 0 saturated heterocycles. The Hall–Kier alpha value is -1.13. The van der Waals surface area contributed by atoms with Crippen LogP contribution in [0, 0.1) is 0 Å². The highest BCUT2D eigenvalue weighted by Gasteiger charge is 2.17. The summed E-state index contributed by atoms with van der Waals surface area (Å²) < 4.78 is 0. The van der Waals surface area contributed by atoms with E-state index in [9.17, 15) is 15.0 Å². The maximum atomic E-state index is 12.4. The van der Waals surface area contributed by atoms with Crippen LogP contribution in [0.3, 0.4) is 0 Å². The molecule has 0 aromatic heterocycles. The Morgan fingerprint density at radius 2 is 0.792 bits per heavy atom. The zero-order chi connectivity index (χ0) is 35.0. The molecule has 4 nitrogen and oxygen atoms in total. The minimum Gasteiger partial charge on any atom is -0.394 e. The number of nitrogens with one attached hydrogen (secondary N) is 1. The molecule has 2 atom stereocenters. The lowest BCUT2D eigenvalue weighted by molar-refractivity contribution is -0.123. The molecular weight excluding hydrogens is 590 g/mol. The topological polar surface area (TPSA) is 69.6 Å². The van der Waals surface area contributed by atoms with Gasteiger partial charge in [-0.1, -0.05) is 205 Å². The smallest absolute Gasteiger partial charge is 0.220 e. The van der Waals surface area contributed by atoms with Crippen molar-refractivity contribution in [1.29, 1.82) is 0 Å². The second kappa shape index (κ2) is 40.3. The third-order valence-electron chi connectivity index (χ3n) is 9.93. The number of amides is 1. The van der Waals surface area contributed by atoms with E-state index in [1.165, 1.54) is 186 Å². The lowest BCUT2D eigenvalue weighted by atomic mass is 10.0. The summed E-state index contributed by atoms with van der Waals surface area (Å²) in [4.78, 5) is 12.4. The fourth-order valence-corrected chi connectivity index (χ4v) is 6.58. The Labute approximate surface area is 300 Å². The molecule has 0 aromatic carbocycles. The number of hydrogen-bond donors (Lipinski definition) is 3. The van der Waals surface area contributed by atoms with E-state index in [4.69, 9.17) is 0 Å². The zero-order valence-corrected chi connectivity index (χ0v) is 32.5. The Kier molecular flexibility index (Phi) is 39.4. The molecule has 0 heterocycles. The van der Waals surface area contributed by atoms with Crippen molar-refractivity contribution in [2.75, 3.05) is 6.61 Å². The van der Waals surface area contributed by atoms with Gasteiger partial charge in [0.05, 0.1) is 18.8 Å². The highest BCUT2D eigenvalue weighted by molar-refractivity contribution is 5.76. The molecule has 4 heteroatoms. The van der Waals surface area contributed by atoms with Crippen molar-refractivity contribution >= 4 is 5.91 Å². The number of unbranched alkanes of at least 4 members (excludes halogenated alkanes) is 30. The molecule has 3 N–H and O–H groups in total. The molecule has 48 heavy (non-hydrogen) atoms. The normalized spacial score (nSPS) is 13.2. The zero-order valence-electron chi connectivity index (χ0n) is 32.5. The number of carbonyl (C=O) groups excluding carboxylic acids is 1. The number of hydrogen-bond acceptors (Lipinski definition) is 3. The van der Waals surface area contributed by atoms with Gasteiger partial charge in [-0.25, -0.2) is 0 Å². The van der Waals surface area contributed by atoms with E-state index in [1.54, 1.807) is 6.08 Å². The molecule has 0 radical (unpaired) electrons. The van der Waals surface area contributed by atoms with Crippen LogP contribution in [0.15, 0.2) is 24.3 Å². The number of carbonyl (C=O) groups is 1. The molecule has 0 bridgehead atoms. The summed E-state index contributed by atoms with van der Waals surface area (Å²) in [5.74, 6) is -0.0650. The van der Waals surface area contributed by atoms with Gasteiger partial charge >= 0.3 is 0 Å². The van der Waals surface area contributed by atoms with E-state index >= 15 is 0 Å². The Morgan fingerprint density at radius 3 is 1.15 bits per heavy atom. The molecule has 0 aliphatic rings. The summed E-state index contributed by atoms with van der Waals surface area (Å²) in [7, 11) is 0. The van der Waals surface area contributed by atoms with Gasteiger partial charge in [-0.05, 0) is 44.9 Å². The third-order valence-corrected chi connectivity index (χ3v) is 9.93. The minimum absolute atomic E-state index is 0.0650. The first kappa shape index (κ1) is 46.9. The molecule has 2 unspecified atom stereocenters. The van der Waals surface area contributed by atoms with Gasteiger partial charge in [0.2, 0.25) is 5.91 Å². The van der Waals surface area contributed by atoms with Crippen molar-refractivity contribution in [1.82, 2.24) is 5.32 Å². The molecule has 0 fully saturated rings. The lowest BCUT2D eigenvalue weighted by Gasteiger charge is -2.20. The fourth-order valence-electron chi connectivity index (χ4n) is 6.58. The predicted octanol–water partition coefficient (Wildman–Crippen LogP) is 13.2. The lowest BCUT2D eigenvalue weighted by Crippen LogP contribution is -2.45. The SMILES string of the molecule is CCCCCCCCCC/C=C\CCCCCCCCCCCC(=O)NC(CO)C(O)/C=C/CCCCCCCCCCCCCCC. The molecule has 0 spiro atoms. The largest absolute Gasteiger partial charge is 0.394 e. The Balaban J connectivity index is 3.55. The average molecular weight is 676 g/mol. The van der Waals surface area contributed by atoms with E-state index in [-0.39, 0.29) is 12.5 Å². The van der Waals surface area contributed by atoms with Crippen molar-refractivity contribution in [3.8, 4) is 0 Å². The van der Waals surface area contributed by atoms with E-state index in [0.29, 0.717) is 6.42 Å². The molecule has 284 valence electrons. The molecule has 0 rings (SSSR count). The predicted molar refractivity (Wildman–Crippen MR) is 212 cm³/mol. The maximum absolute atomic E-state index is 12.4. The molecule has 0 aliphatic carbocycles. The monoisotopic (exact) mass is 676 g/mol. The highest BCUT2D eigenvalue weighted by atomic mass is 16.3. The molecular formula is C44H85NO3. The molecule has 1 amide bonds. The van der Waals surface area contributed by atoms with Crippen molar-refractivity contribution < 1.29 is 15.0 Å². The van der Waals surface area contributed by atoms with Crippen LogP contribution in [0.25, 0.3) is 0 Å². The number of aliphatic hydroxyl groups is 2. The second-order valence-electron chi connectivity index (χ2n) is 14.8. The summed E-state index contributed by atoms with van der Waals surface area (Å²) in [6.07, 6.45) is 51.4. The number of aliphatic hydroxyl groups excluding tert-OH is 2. The van der Waals surface area contributed by atoms with E-state index in [2.05, 4.69) is 31.3 Å². The van der Waals surface area contributed by atoms with E-state index < -0.39 is 12.1 Å². The number of allylic oxidation sites excluding steroid dienone is 3. The Morgan fingerprint density at radius 1 is 0.479 bits per heavy atom.